The molecule has 1 aliphatic rings. The molecule has 1 aromatic heterocycles. The molecule has 2 heterocycles. The van der Waals surface area contributed by atoms with E-state index in [1.54, 1.807) is 18.2 Å². The van der Waals surface area contributed by atoms with E-state index in [0.717, 1.165) is 10.4 Å². The van der Waals surface area contributed by atoms with E-state index in [4.69, 9.17) is 11.6 Å². The number of halogens is 1. The third-order valence-electron chi connectivity index (χ3n) is 4.93. The van der Waals surface area contributed by atoms with Gasteiger partial charge in [0.25, 0.3) is 11.6 Å². The summed E-state index contributed by atoms with van der Waals surface area (Å²) in [5, 5.41) is 11.9. The molecule has 0 N–H and O–H groups in total. The van der Waals surface area contributed by atoms with Gasteiger partial charge in [0, 0.05) is 42.1 Å². The topological polar surface area (TPSA) is 66.7 Å². The first-order chi connectivity index (χ1) is 14.0. The van der Waals surface area contributed by atoms with Gasteiger partial charge in [0.05, 0.1) is 9.80 Å². The number of nitrogens with zero attached hydrogens (tertiary/aromatic N) is 3. The minimum atomic E-state index is -0.364. The zero-order chi connectivity index (χ0) is 20.4. The highest BCUT2D eigenvalue weighted by atomic mass is 35.5. The molecule has 3 aromatic rings. The number of rotatable bonds is 4. The van der Waals surface area contributed by atoms with Crippen LogP contribution < -0.4 is 4.90 Å². The third kappa shape index (κ3) is 4.11. The highest BCUT2D eigenvalue weighted by Gasteiger charge is 2.26. The number of piperazine rings is 1. The van der Waals surface area contributed by atoms with Crippen molar-refractivity contribution in [1.29, 1.82) is 0 Å². The van der Waals surface area contributed by atoms with Crippen molar-refractivity contribution in [2.75, 3.05) is 31.1 Å². The molecular weight excluding hydrogens is 410 g/mol. The number of carbonyl (C=O) groups is 1. The van der Waals surface area contributed by atoms with Gasteiger partial charge in [-0.1, -0.05) is 35.9 Å². The van der Waals surface area contributed by atoms with Crippen molar-refractivity contribution in [2.45, 2.75) is 0 Å². The van der Waals surface area contributed by atoms with E-state index in [1.807, 2.05) is 46.2 Å². The van der Waals surface area contributed by atoms with E-state index in [2.05, 4.69) is 0 Å². The quantitative estimate of drug-likeness (QED) is 0.437. The molecule has 148 valence electrons. The number of amides is 1. The average Bonchev–Trinajstić information content (AvgIpc) is 3.24. The second kappa shape index (κ2) is 8.23. The predicted molar refractivity (Wildman–Crippen MR) is 116 cm³/mol. The van der Waals surface area contributed by atoms with E-state index in [1.165, 1.54) is 17.4 Å². The maximum absolute atomic E-state index is 12.9. The van der Waals surface area contributed by atoms with E-state index in [9.17, 15) is 14.9 Å². The lowest BCUT2D eigenvalue weighted by molar-refractivity contribution is -0.384. The van der Waals surface area contributed by atoms with Gasteiger partial charge in [-0.05, 0) is 35.9 Å². The van der Waals surface area contributed by atoms with Gasteiger partial charge >= 0.3 is 0 Å². The Labute approximate surface area is 177 Å². The van der Waals surface area contributed by atoms with E-state index >= 15 is 0 Å². The molecule has 0 radical (unpaired) electrons. The van der Waals surface area contributed by atoms with Gasteiger partial charge in [-0.3, -0.25) is 14.9 Å². The fourth-order valence-electron chi connectivity index (χ4n) is 3.41. The minimum absolute atomic E-state index is 0.00238. The van der Waals surface area contributed by atoms with Crippen molar-refractivity contribution in [3.05, 3.63) is 80.7 Å². The lowest BCUT2D eigenvalue weighted by Gasteiger charge is -2.35. The van der Waals surface area contributed by atoms with Crippen molar-refractivity contribution >= 4 is 40.2 Å². The monoisotopic (exact) mass is 427 g/mol. The van der Waals surface area contributed by atoms with Crippen LogP contribution in [0.15, 0.2) is 60.7 Å². The van der Waals surface area contributed by atoms with Crippen LogP contribution in [0.1, 0.15) is 9.67 Å². The maximum Gasteiger partial charge on any atom is 0.292 e. The highest BCUT2D eigenvalue weighted by molar-refractivity contribution is 7.17. The molecule has 29 heavy (non-hydrogen) atoms. The van der Waals surface area contributed by atoms with Crippen LogP contribution in [0.2, 0.25) is 5.02 Å². The van der Waals surface area contributed by atoms with Crippen LogP contribution in [-0.4, -0.2) is 41.9 Å². The van der Waals surface area contributed by atoms with Crippen molar-refractivity contribution in [3.63, 3.8) is 0 Å². The highest BCUT2D eigenvalue weighted by Crippen LogP contribution is 2.31. The van der Waals surface area contributed by atoms with Gasteiger partial charge in [0.15, 0.2) is 0 Å². The van der Waals surface area contributed by atoms with Crippen LogP contribution in [0, 0.1) is 10.1 Å². The Morgan fingerprint density at radius 1 is 0.966 bits per heavy atom. The second-order valence-electron chi connectivity index (χ2n) is 6.70. The van der Waals surface area contributed by atoms with Gasteiger partial charge in [0.2, 0.25) is 0 Å². The summed E-state index contributed by atoms with van der Waals surface area (Å²) < 4.78 is 0. The molecule has 4 rings (SSSR count). The number of para-hydroxylation sites is 2. The van der Waals surface area contributed by atoms with Crippen LogP contribution in [-0.2, 0) is 0 Å². The van der Waals surface area contributed by atoms with Crippen molar-refractivity contribution in [3.8, 4) is 10.4 Å². The zero-order valence-electron chi connectivity index (χ0n) is 15.5. The van der Waals surface area contributed by atoms with Crippen LogP contribution in [0.4, 0.5) is 11.4 Å². The Kier molecular flexibility index (Phi) is 5.51. The summed E-state index contributed by atoms with van der Waals surface area (Å²) in [6, 6.07) is 18.1. The first kappa shape index (κ1) is 19.4. The number of hydrogen-bond donors (Lipinski definition) is 0. The first-order valence-corrected chi connectivity index (χ1v) is 10.4. The minimum Gasteiger partial charge on any atom is -0.362 e. The van der Waals surface area contributed by atoms with E-state index < -0.39 is 0 Å². The third-order valence-corrected chi connectivity index (χ3v) is 6.31. The lowest BCUT2D eigenvalue weighted by Crippen LogP contribution is -2.48. The normalized spacial score (nSPS) is 14.1. The molecule has 0 saturated carbocycles. The number of nitro groups is 1. The SMILES string of the molecule is O=C(c1ccc(-c2ccc(Cl)cc2)s1)N1CCN(c2ccccc2[N+](=O)[O-])CC1. The molecule has 1 aliphatic heterocycles. The Morgan fingerprint density at radius 2 is 1.66 bits per heavy atom. The number of nitro benzene ring substituents is 1. The number of hydrogen-bond acceptors (Lipinski definition) is 5. The van der Waals surface area contributed by atoms with Crippen LogP contribution in [0.25, 0.3) is 10.4 Å². The Hall–Kier alpha value is -2.90. The van der Waals surface area contributed by atoms with Gasteiger partial charge in [-0.15, -0.1) is 11.3 Å². The molecule has 0 atom stereocenters. The summed E-state index contributed by atoms with van der Waals surface area (Å²) in [6.45, 7) is 2.18. The van der Waals surface area contributed by atoms with Crippen molar-refractivity contribution in [1.82, 2.24) is 4.90 Å². The molecule has 1 fully saturated rings. The molecular formula is C21H18ClN3O3S. The van der Waals surface area contributed by atoms with E-state index in [0.29, 0.717) is 41.8 Å². The number of carbonyl (C=O) groups excluding carboxylic acids is 1. The second-order valence-corrected chi connectivity index (χ2v) is 8.22. The van der Waals surface area contributed by atoms with Gasteiger partial charge in [0.1, 0.15) is 5.69 Å². The number of anilines is 1. The van der Waals surface area contributed by atoms with Gasteiger partial charge in [-0.2, -0.15) is 0 Å². The standard InChI is InChI=1S/C21H18ClN3O3S/c22-16-7-5-15(6-8-16)19-9-10-20(29-19)21(26)24-13-11-23(12-14-24)17-3-1-2-4-18(17)25(27)28/h1-10H,11-14H2. The maximum atomic E-state index is 12.9. The molecule has 1 saturated heterocycles. The molecule has 0 bridgehead atoms. The summed E-state index contributed by atoms with van der Waals surface area (Å²) in [4.78, 5) is 29.3. The predicted octanol–water partition coefficient (Wildman–Crippen LogP) is 4.94. The Bertz CT molecular complexity index is 1040. The fraction of sp³-hybridized carbons (Fsp3) is 0.190. The Morgan fingerprint density at radius 3 is 2.34 bits per heavy atom. The largest absolute Gasteiger partial charge is 0.362 e. The fourth-order valence-corrected chi connectivity index (χ4v) is 4.52. The molecule has 6 nitrogen and oxygen atoms in total. The summed E-state index contributed by atoms with van der Waals surface area (Å²) in [6.07, 6.45) is 0. The first-order valence-electron chi connectivity index (χ1n) is 9.16. The molecule has 2 aromatic carbocycles. The van der Waals surface area contributed by atoms with Crippen molar-refractivity contribution < 1.29 is 9.72 Å². The number of thiophene rings is 1. The van der Waals surface area contributed by atoms with Crippen molar-refractivity contribution in [2.24, 2.45) is 0 Å². The van der Waals surface area contributed by atoms with E-state index in [-0.39, 0.29) is 16.5 Å². The summed E-state index contributed by atoms with van der Waals surface area (Å²) in [5.41, 5.74) is 1.73. The summed E-state index contributed by atoms with van der Waals surface area (Å²) in [5.74, 6) is -0.00238. The molecule has 0 unspecified atom stereocenters. The molecule has 1 amide bonds. The molecule has 8 heteroatoms. The van der Waals surface area contributed by atoms with Gasteiger partial charge in [-0.25, -0.2) is 0 Å². The lowest BCUT2D eigenvalue weighted by atomic mass is 10.2. The molecule has 0 spiro atoms. The Balaban J connectivity index is 1.43. The summed E-state index contributed by atoms with van der Waals surface area (Å²) >= 11 is 7.40. The van der Waals surface area contributed by atoms with Crippen LogP contribution in [0.5, 0.6) is 0 Å². The smallest absolute Gasteiger partial charge is 0.292 e. The molecule has 0 aliphatic carbocycles. The van der Waals surface area contributed by atoms with Gasteiger partial charge < -0.3 is 9.80 Å². The average molecular weight is 428 g/mol. The van der Waals surface area contributed by atoms with Crippen LogP contribution >= 0.6 is 22.9 Å². The number of benzene rings is 2. The summed E-state index contributed by atoms with van der Waals surface area (Å²) in [7, 11) is 0. The van der Waals surface area contributed by atoms with Crippen LogP contribution in [0.3, 0.4) is 0 Å². The zero-order valence-corrected chi connectivity index (χ0v) is 17.0.